The molecule has 0 bridgehead atoms. The molecule has 1 amide bonds. The van der Waals surface area contributed by atoms with Crippen molar-refractivity contribution in [2.75, 3.05) is 33.3 Å². The molecule has 200 valence electrons. The van der Waals surface area contributed by atoms with Crippen LogP contribution in [0.5, 0.6) is 5.75 Å². The molecule has 3 heterocycles. The van der Waals surface area contributed by atoms with Gasteiger partial charge in [-0.2, -0.15) is 18.4 Å². The summed E-state index contributed by atoms with van der Waals surface area (Å²) in [4.78, 5) is 19.7. The van der Waals surface area contributed by atoms with Crippen molar-refractivity contribution in [1.82, 2.24) is 19.2 Å². The third-order valence-electron chi connectivity index (χ3n) is 6.92. The third kappa shape index (κ3) is 5.59. The number of nitriles is 1. The SMILES string of the molecule is COc1ccc(-c2nc3ccc(-c4ccc(C#N)cc4)cn3c2CN2CCCN(C(=O)C(F)(F)F)CC2)cc1. The third-order valence-corrected chi connectivity index (χ3v) is 6.92. The standard InChI is InChI=1S/C29H26F3N5O2/c1-39-24-10-7-22(8-11-24)27-25(19-35-13-2-14-36(16-15-35)28(38)29(30,31)32)37-18-23(9-12-26(37)34-27)21-5-3-20(17-33)4-6-21/h3-12,18H,2,13-16,19H2,1H3. The van der Waals surface area contributed by atoms with Gasteiger partial charge < -0.3 is 14.0 Å². The van der Waals surface area contributed by atoms with Crippen LogP contribution in [-0.2, 0) is 11.3 Å². The van der Waals surface area contributed by atoms with Crippen LogP contribution in [0.4, 0.5) is 13.2 Å². The molecule has 1 aliphatic rings. The average Bonchev–Trinajstić information content (AvgIpc) is 3.13. The van der Waals surface area contributed by atoms with Gasteiger partial charge in [-0.25, -0.2) is 4.98 Å². The largest absolute Gasteiger partial charge is 0.497 e. The van der Waals surface area contributed by atoms with Crippen LogP contribution < -0.4 is 4.74 Å². The number of fused-ring (bicyclic) bond motifs is 1. The van der Waals surface area contributed by atoms with Gasteiger partial charge in [-0.3, -0.25) is 9.69 Å². The van der Waals surface area contributed by atoms with E-state index in [2.05, 4.69) is 11.0 Å². The lowest BCUT2D eigenvalue weighted by molar-refractivity contribution is -0.185. The Kier molecular flexibility index (Phi) is 7.26. The Morgan fingerprint density at radius 2 is 1.64 bits per heavy atom. The van der Waals surface area contributed by atoms with Crippen molar-refractivity contribution < 1.29 is 22.7 Å². The van der Waals surface area contributed by atoms with E-state index in [-0.39, 0.29) is 13.1 Å². The van der Waals surface area contributed by atoms with E-state index in [1.807, 2.05) is 59.1 Å². The predicted molar refractivity (Wildman–Crippen MR) is 140 cm³/mol. The summed E-state index contributed by atoms with van der Waals surface area (Å²) in [7, 11) is 1.60. The molecule has 0 unspecified atom stereocenters. The molecule has 5 rings (SSSR count). The molecule has 0 atom stereocenters. The number of methoxy groups -OCH3 is 1. The summed E-state index contributed by atoms with van der Waals surface area (Å²) in [5, 5.41) is 9.13. The maximum Gasteiger partial charge on any atom is 0.471 e. The van der Waals surface area contributed by atoms with Crippen molar-refractivity contribution in [3.05, 3.63) is 78.1 Å². The Balaban J connectivity index is 1.51. The monoisotopic (exact) mass is 533 g/mol. The maximum absolute atomic E-state index is 13.0. The van der Waals surface area contributed by atoms with Gasteiger partial charge in [-0.15, -0.1) is 0 Å². The summed E-state index contributed by atoms with van der Waals surface area (Å²) in [5.41, 5.74) is 5.73. The van der Waals surface area contributed by atoms with Gasteiger partial charge in [0.05, 0.1) is 30.1 Å². The molecule has 0 spiro atoms. The summed E-state index contributed by atoms with van der Waals surface area (Å²) in [6, 6.07) is 20.9. The zero-order valence-electron chi connectivity index (χ0n) is 21.3. The molecular formula is C29H26F3N5O2. The number of aromatic nitrogens is 2. The van der Waals surface area contributed by atoms with Gasteiger partial charge in [0.25, 0.3) is 0 Å². The lowest BCUT2D eigenvalue weighted by Crippen LogP contribution is -2.43. The van der Waals surface area contributed by atoms with E-state index in [4.69, 9.17) is 15.0 Å². The molecule has 2 aromatic heterocycles. The normalized spacial score (nSPS) is 14.7. The second-order valence-electron chi connectivity index (χ2n) is 9.39. The molecule has 1 fully saturated rings. The number of benzene rings is 2. The van der Waals surface area contributed by atoms with Crippen molar-refractivity contribution in [2.24, 2.45) is 0 Å². The smallest absolute Gasteiger partial charge is 0.471 e. The zero-order chi connectivity index (χ0) is 27.6. The Morgan fingerprint density at radius 1 is 0.949 bits per heavy atom. The first-order chi connectivity index (χ1) is 18.8. The number of alkyl halides is 3. The highest BCUT2D eigenvalue weighted by molar-refractivity contribution is 5.81. The molecule has 4 aromatic rings. The number of nitrogens with zero attached hydrogens (tertiary/aromatic N) is 5. The van der Waals surface area contributed by atoms with Crippen LogP contribution in [0.1, 0.15) is 17.7 Å². The minimum atomic E-state index is -4.87. The molecule has 0 radical (unpaired) electrons. The Morgan fingerprint density at radius 3 is 2.31 bits per heavy atom. The zero-order valence-corrected chi connectivity index (χ0v) is 21.3. The van der Waals surface area contributed by atoms with Crippen LogP contribution in [0.2, 0.25) is 0 Å². The first kappa shape index (κ1) is 26.3. The number of halogens is 3. The van der Waals surface area contributed by atoms with Gasteiger partial charge in [0.2, 0.25) is 0 Å². The minimum Gasteiger partial charge on any atom is -0.497 e. The lowest BCUT2D eigenvalue weighted by atomic mass is 10.1. The van der Waals surface area contributed by atoms with Gasteiger partial charge in [0.1, 0.15) is 11.4 Å². The molecule has 39 heavy (non-hydrogen) atoms. The van der Waals surface area contributed by atoms with E-state index in [1.54, 1.807) is 19.2 Å². The first-order valence-corrected chi connectivity index (χ1v) is 12.5. The summed E-state index contributed by atoms with van der Waals surface area (Å²) in [5.74, 6) is -1.07. The van der Waals surface area contributed by atoms with Crippen LogP contribution in [0.3, 0.4) is 0 Å². The van der Waals surface area contributed by atoms with Crippen molar-refractivity contribution >= 4 is 11.6 Å². The minimum absolute atomic E-state index is 0.00341. The summed E-state index contributed by atoms with van der Waals surface area (Å²) in [6.07, 6.45) is -2.45. The van der Waals surface area contributed by atoms with Crippen LogP contribution in [0.15, 0.2) is 66.9 Å². The maximum atomic E-state index is 13.0. The predicted octanol–water partition coefficient (Wildman–Crippen LogP) is 5.15. The molecule has 0 aliphatic carbocycles. The second kappa shape index (κ2) is 10.8. The average molecular weight is 534 g/mol. The van der Waals surface area contributed by atoms with E-state index in [0.29, 0.717) is 37.4 Å². The van der Waals surface area contributed by atoms with E-state index in [0.717, 1.165) is 38.6 Å². The number of amides is 1. The topological polar surface area (TPSA) is 73.9 Å². The van der Waals surface area contributed by atoms with Gasteiger partial charge in [0, 0.05) is 44.5 Å². The van der Waals surface area contributed by atoms with Crippen molar-refractivity contribution in [2.45, 2.75) is 19.1 Å². The van der Waals surface area contributed by atoms with Gasteiger partial charge in [-0.05, 0) is 66.1 Å². The molecule has 2 aromatic carbocycles. The van der Waals surface area contributed by atoms with E-state index in [9.17, 15) is 18.0 Å². The fourth-order valence-electron chi connectivity index (χ4n) is 4.86. The highest BCUT2D eigenvalue weighted by atomic mass is 19.4. The fourth-order valence-corrected chi connectivity index (χ4v) is 4.86. The highest BCUT2D eigenvalue weighted by Crippen LogP contribution is 2.30. The Bertz CT molecular complexity index is 1520. The van der Waals surface area contributed by atoms with Gasteiger partial charge in [0.15, 0.2) is 0 Å². The van der Waals surface area contributed by atoms with Crippen molar-refractivity contribution in [3.63, 3.8) is 0 Å². The van der Waals surface area contributed by atoms with Crippen LogP contribution >= 0.6 is 0 Å². The van der Waals surface area contributed by atoms with E-state index >= 15 is 0 Å². The molecule has 0 saturated carbocycles. The molecule has 7 nitrogen and oxygen atoms in total. The lowest BCUT2D eigenvalue weighted by Gasteiger charge is -2.23. The molecule has 10 heteroatoms. The first-order valence-electron chi connectivity index (χ1n) is 12.5. The quantitative estimate of drug-likeness (QED) is 0.355. The number of carbonyl (C=O) groups is 1. The summed E-state index contributed by atoms with van der Waals surface area (Å²) >= 11 is 0. The number of ether oxygens (including phenoxy) is 1. The van der Waals surface area contributed by atoms with Crippen LogP contribution in [0, 0.1) is 11.3 Å². The van der Waals surface area contributed by atoms with Crippen molar-refractivity contribution in [3.8, 4) is 34.2 Å². The van der Waals surface area contributed by atoms with Gasteiger partial charge in [-0.1, -0.05) is 12.1 Å². The number of hydrogen-bond acceptors (Lipinski definition) is 5. The number of hydrogen-bond donors (Lipinski definition) is 0. The van der Waals surface area contributed by atoms with Crippen LogP contribution in [-0.4, -0.2) is 64.6 Å². The molecule has 1 saturated heterocycles. The Hall–Kier alpha value is -4.36. The van der Waals surface area contributed by atoms with Crippen molar-refractivity contribution in [1.29, 1.82) is 5.26 Å². The number of pyridine rings is 1. The number of rotatable bonds is 5. The summed E-state index contributed by atoms with van der Waals surface area (Å²) in [6.45, 7) is 1.37. The van der Waals surface area contributed by atoms with E-state index < -0.39 is 12.1 Å². The van der Waals surface area contributed by atoms with Gasteiger partial charge >= 0.3 is 12.1 Å². The number of imidazole rings is 1. The number of carbonyl (C=O) groups excluding carboxylic acids is 1. The molecule has 0 N–H and O–H groups in total. The Labute approximate surface area is 223 Å². The fraction of sp³-hybridized carbons (Fsp3) is 0.276. The summed E-state index contributed by atoms with van der Waals surface area (Å²) < 4.78 is 46.4. The van der Waals surface area contributed by atoms with Crippen LogP contribution in [0.25, 0.3) is 28.0 Å². The molecule has 1 aliphatic heterocycles. The molecular weight excluding hydrogens is 507 g/mol. The second-order valence-corrected chi connectivity index (χ2v) is 9.39. The van der Waals surface area contributed by atoms with E-state index in [1.165, 1.54) is 0 Å². The highest BCUT2D eigenvalue weighted by Gasteiger charge is 2.42.